The van der Waals surface area contributed by atoms with E-state index in [1.807, 2.05) is 55.4 Å². The molecule has 5 heterocycles. The summed E-state index contributed by atoms with van der Waals surface area (Å²) in [7, 11) is 5.36. The van der Waals surface area contributed by atoms with Crippen LogP contribution in [0.15, 0.2) is 453 Å². The molecular weight excluding hydrogens is 2010 g/mol. The molecule has 16 aromatic carbocycles. The third kappa shape index (κ3) is 28.1. The first-order chi connectivity index (χ1) is 67.3. The van der Waals surface area contributed by atoms with Gasteiger partial charge in [0.2, 0.25) is 0 Å². The monoisotopic (exact) mass is 2130 g/mol. The number of hydrogen-bond donors (Lipinski definition) is 0. The fourth-order valence-corrected chi connectivity index (χ4v) is 26.1. The number of carboxylic acids is 1. The molecule has 0 amide bonds. The summed E-state index contributed by atoms with van der Waals surface area (Å²) in [5, 5.41) is 25.7. The van der Waals surface area contributed by atoms with Crippen LogP contribution in [0.3, 0.4) is 0 Å². The normalized spacial score (nSPS) is 15.1. The van der Waals surface area contributed by atoms with Gasteiger partial charge in [-0.1, -0.05) is 410 Å². The molecule has 0 unspecified atom stereocenters. The number of fused-ring (bicyclic) bond motifs is 4. The van der Waals surface area contributed by atoms with Crippen LogP contribution < -0.4 is 145 Å². The minimum Gasteiger partial charge on any atom is -0.550 e. The van der Waals surface area contributed by atoms with Crippen LogP contribution >= 0.6 is 47.6 Å². The van der Waals surface area contributed by atoms with Crippen molar-refractivity contribution in [2.24, 2.45) is 0 Å². The smallest absolute Gasteiger partial charge is 0.550 e. The molecule has 16 aromatic rings. The van der Waals surface area contributed by atoms with E-state index in [-0.39, 0.29) is 113 Å². The average molecular weight is 2130 g/mol. The molecule has 22 heteroatoms. The number of rotatable bonds is 14. The van der Waals surface area contributed by atoms with E-state index < -0.39 is 51.7 Å². The fraction of sp³-hybridized carbons (Fsp3) is 0.192. The maximum absolute atomic E-state index is 8.89. The third-order valence-corrected chi connectivity index (χ3v) is 36.3. The zero-order valence-electron chi connectivity index (χ0n) is 84.5. The van der Waals surface area contributed by atoms with Crippen molar-refractivity contribution in [3.05, 3.63) is 453 Å². The zero-order chi connectivity index (χ0) is 99.2. The van der Waals surface area contributed by atoms with E-state index in [0.29, 0.717) is 0 Å². The fourth-order valence-electron chi connectivity index (χ4n) is 16.6. The predicted molar refractivity (Wildman–Crippen MR) is 605 cm³/mol. The first-order valence-electron chi connectivity index (χ1n) is 47.4. The quantitative estimate of drug-likeness (QED) is 0.0764. The minimum atomic E-state index is -1.08. The molecule has 720 valence electrons. The summed E-state index contributed by atoms with van der Waals surface area (Å²) >= 11 is 3.53. The summed E-state index contributed by atoms with van der Waals surface area (Å²) in [6.45, 7) is 25.5. The Morgan fingerprint density at radius 1 is 0.239 bits per heavy atom. The second kappa shape index (κ2) is 51.6. The van der Waals surface area contributed by atoms with E-state index in [4.69, 9.17) is 37.8 Å². The summed E-state index contributed by atoms with van der Waals surface area (Å²) in [5.74, 6) is -1.08. The van der Waals surface area contributed by atoms with E-state index in [2.05, 4.69) is 540 Å². The van der Waals surface area contributed by atoms with Crippen LogP contribution in [0.1, 0.15) is 90.0 Å². The Balaban J connectivity index is 0.000000147. The van der Waals surface area contributed by atoms with Gasteiger partial charge in [0.25, 0.3) is 0 Å². The first-order valence-corrected chi connectivity index (χ1v) is 53.6. The van der Waals surface area contributed by atoms with Crippen LogP contribution in [0.2, 0.25) is 0 Å². The number of halogens is 1. The van der Waals surface area contributed by atoms with Crippen LogP contribution in [0.5, 0.6) is 0 Å². The number of carbonyl (C=O) groups is 1. The molecule has 21 rings (SSSR count). The molecule has 142 heavy (non-hydrogen) atoms. The number of anilines is 8. The van der Waals surface area contributed by atoms with Crippen molar-refractivity contribution in [2.45, 2.75) is 124 Å². The summed E-state index contributed by atoms with van der Waals surface area (Å²) in [4.78, 5) is 17.8. The Kier molecular flexibility index (Phi) is 40.5. The van der Waals surface area contributed by atoms with Gasteiger partial charge in [0, 0.05) is 59.1 Å². The maximum atomic E-state index is 8.89. The van der Waals surface area contributed by atoms with Gasteiger partial charge in [-0.3, -0.25) is 0 Å². The predicted octanol–water partition coefficient (Wildman–Crippen LogP) is 19.9. The number of carbonyl (C=O) groups excluding carboxylic acids is 1. The van der Waals surface area contributed by atoms with Gasteiger partial charge in [0.1, 0.15) is 0 Å². The van der Waals surface area contributed by atoms with Crippen molar-refractivity contribution in [3.63, 3.8) is 0 Å². The van der Waals surface area contributed by atoms with Crippen molar-refractivity contribution >= 4 is 189 Å². The molecule has 0 atom stereocenters. The Bertz CT molecular complexity index is 5660. The molecular formula is C120H125B3BrKN4O8P4Pd. The van der Waals surface area contributed by atoms with Gasteiger partial charge in [0.05, 0.1) is 79.1 Å². The van der Waals surface area contributed by atoms with E-state index in [9.17, 15) is 0 Å². The van der Waals surface area contributed by atoms with Gasteiger partial charge in [0.15, 0.2) is 0 Å². The zero-order valence-corrected chi connectivity index (χ0v) is 94.3. The number of aliphatic carboxylic acids is 1. The van der Waals surface area contributed by atoms with E-state index in [1.54, 1.807) is 0 Å². The van der Waals surface area contributed by atoms with E-state index in [1.165, 1.54) is 103 Å². The van der Waals surface area contributed by atoms with E-state index in [0.717, 1.165) is 22.5 Å². The summed E-state index contributed by atoms with van der Waals surface area (Å²) in [6, 6.07) is 159. The van der Waals surface area contributed by atoms with Gasteiger partial charge in [-0.2, -0.15) is 0 Å². The van der Waals surface area contributed by atoms with Gasteiger partial charge in [-0.05, 0) is 245 Å². The van der Waals surface area contributed by atoms with Crippen LogP contribution in [0.4, 0.5) is 45.5 Å². The second-order valence-corrected chi connectivity index (χ2v) is 47.1. The molecule has 0 aliphatic carbocycles. The van der Waals surface area contributed by atoms with Gasteiger partial charge < -0.3 is 57.4 Å². The second-order valence-electron chi connectivity index (χ2n) is 37.3. The minimum absolute atomic E-state index is 0. The van der Waals surface area contributed by atoms with E-state index >= 15 is 0 Å². The first kappa shape index (κ1) is 111. The third-order valence-electron chi connectivity index (χ3n) is 26.1. The Hall–Kier alpha value is -9.36. The Labute approximate surface area is 914 Å². The molecule has 5 aliphatic rings. The Morgan fingerprint density at radius 2 is 0.387 bits per heavy atom. The van der Waals surface area contributed by atoms with Crippen LogP contribution in [0, 0.1) is 0 Å². The molecule has 3 fully saturated rings. The molecule has 0 saturated carbocycles. The van der Waals surface area contributed by atoms with Crippen molar-refractivity contribution in [3.8, 4) is 0 Å². The van der Waals surface area contributed by atoms with Crippen molar-refractivity contribution in [1.82, 2.24) is 0 Å². The maximum Gasteiger partial charge on any atom is 1.00 e. The number of hydrogen-bond acceptors (Lipinski definition) is 12. The number of nitrogens with zero attached hydrogens (tertiary/aromatic N) is 4. The number of benzene rings is 16. The Morgan fingerprint density at radius 3 is 0.577 bits per heavy atom. The molecule has 0 radical (unpaired) electrons. The van der Waals surface area contributed by atoms with Crippen molar-refractivity contribution in [2.75, 3.05) is 47.8 Å². The molecule has 3 saturated heterocycles. The summed E-state index contributed by atoms with van der Waals surface area (Å²) < 4.78 is 37.4. The van der Waals surface area contributed by atoms with Crippen LogP contribution in [0.25, 0.3) is 0 Å². The standard InChI is InChI=1S/C20H25BN2O2.4C18H15P.C14H13BrN2.C12H24B2O4.C2H4O2.K.Pd/c1-19(2)20(3,4)25-21(24-19)14-11-12-17-18(13-14)23(6)16-10-8-7-9-15(16)22(17)5;4*1-4-10-16(11-5-1)19(17-12-6-2-7-13-17)18-14-8-3-9-15-18;1-16-11-5-3-4-6-12(11)17(2)14-9-10(15)7-8-13(14)16;1-9(2)10(3,4)16-13(15-9)14-17-11(5,6)12(7,8)18-14;1-2(3)4;;/h7-13H,1-6H3;4*1-15H;3-9H,1-2H3;1-8H3;1H3,(H,3,4);;/q;;;;;;;;+1;/p-1. The molecule has 0 bridgehead atoms. The molecule has 5 aliphatic heterocycles. The van der Waals surface area contributed by atoms with Crippen molar-refractivity contribution in [1.29, 1.82) is 0 Å². The topological polar surface area (TPSA) is 108 Å². The molecule has 0 aromatic heterocycles. The average Bonchev–Trinajstić information content (AvgIpc) is 1.72. The van der Waals surface area contributed by atoms with Crippen LogP contribution in [-0.4, -0.2) is 88.9 Å². The van der Waals surface area contributed by atoms with Crippen molar-refractivity contribution < 1.29 is 110 Å². The summed E-state index contributed by atoms with van der Waals surface area (Å²) in [5.41, 5.74) is 8.63. The number of carboxylic acid groups (broad SMARTS) is 1. The molecule has 12 nitrogen and oxygen atoms in total. The van der Waals surface area contributed by atoms with Gasteiger partial charge >= 0.3 is 72.5 Å². The van der Waals surface area contributed by atoms with Gasteiger partial charge in [-0.25, -0.2) is 0 Å². The molecule has 0 spiro atoms. The SMILES string of the molecule is CC(=O)[O-].CC1(C)OB(B2OC(C)(C)C(C)(C)O2)OC1(C)C.CN1c2ccccc2N(C)c2cc(B3OC(C)(C)C(C)(C)O3)ccc21.CN1c2ccccc2N(C)c2cc(Br)ccc21.[K+].[Pd].c1ccc(P(c2ccccc2)c2ccccc2)cc1.c1ccc(P(c2ccccc2)c2ccccc2)cc1.c1ccc(P(c2ccccc2)c2ccccc2)cc1.c1ccc(P(c2ccccc2)c2ccccc2)cc1. The molecule has 0 N–H and O–H groups in total. The largest absolute Gasteiger partial charge is 1.00 e. The number of para-hydroxylation sites is 4. The summed E-state index contributed by atoms with van der Waals surface area (Å²) in [6.07, 6.45) is 0. The van der Waals surface area contributed by atoms with Crippen LogP contribution in [-0.2, 0) is 53.1 Å². The van der Waals surface area contributed by atoms with Gasteiger partial charge in [-0.15, -0.1) is 0 Å².